The second-order valence-electron chi connectivity index (χ2n) is 5.48. The number of pyridine rings is 1. The van der Waals surface area contributed by atoms with Crippen molar-refractivity contribution >= 4 is 32.7 Å². The fraction of sp³-hybridized carbons (Fsp3) is 0.400. The van der Waals surface area contributed by atoms with Crippen LogP contribution < -0.4 is 5.32 Å². The molecule has 0 unspecified atom stereocenters. The van der Waals surface area contributed by atoms with Crippen molar-refractivity contribution in [2.24, 2.45) is 0 Å². The van der Waals surface area contributed by atoms with Gasteiger partial charge in [0, 0.05) is 22.0 Å². The van der Waals surface area contributed by atoms with Crippen LogP contribution in [0.25, 0.3) is 10.9 Å². The van der Waals surface area contributed by atoms with Gasteiger partial charge in [0.2, 0.25) is 0 Å². The maximum absolute atomic E-state index is 4.77. The number of halogens is 1. The zero-order valence-electron chi connectivity index (χ0n) is 11.3. The molecule has 3 heteroatoms. The van der Waals surface area contributed by atoms with E-state index in [2.05, 4.69) is 61.1 Å². The molecule has 0 bridgehead atoms. The van der Waals surface area contributed by atoms with Gasteiger partial charge >= 0.3 is 0 Å². The first-order valence-electron chi connectivity index (χ1n) is 6.27. The number of nitrogens with one attached hydrogen (secondary N) is 1. The van der Waals surface area contributed by atoms with Crippen LogP contribution in [0.15, 0.2) is 28.7 Å². The Kier molecular flexibility index (Phi) is 3.62. The summed E-state index contributed by atoms with van der Waals surface area (Å²) in [4.78, 5) is 4.77. The van der Waals surface area contributed by atoms with Crippen molar-refractivity contribution in [1.82, 2.24) is 4.98 Å². The lowest BCUT2D eigenvalue weighted by Gasteiger charge is -2.23. The summed E-state index contributed by atoms with van der Waals surface area (Å²) in [6.07, 6.45) is 0. The van der Waals surface area contributed by atoms with Crippen LogP contribution in [0.3, 0.4) is 0 Å². The van der Waals surface area contributed by atoms with Gasteiger partial charge in [-0.2, -0.15) is 0 Å². The number of hydrogen-bond acceptors (Lipinski definition) is 2. The van der Waals surface area contributed by atoms with E-state index in [0.29, 0.717) is 0 Å². The van der Waals surface area contributed by atoms with E-state index in [9.17, 15) is 0 Å². The van der Waals surface area contributed by atoms with E-state index in [0.717, 1.165) is 22.4 Å². The van der Waals surface area contributed by atoms with E-state index in [1.807, 2.05) is 12.1 Å². The number of rotatable bonds is 2. The van der Waals surface area contributed by atoms with E-state index in [1.54, 1.807) is 0 Å². The molecule has 1 heterocycles. The number of anilines is 1. The SMILES string of the molecule is CCNc1nc2c(Br)cccc2cc1C(C)(C)C. The lowest BCUT2D eigenvalue weighted by Crippen LogP contribution is -2.16. The van der Waals surface area contributed by atoms with Gasteiger partial charge in [-0.15, -0.1) is 0 Å². The van der Waals surface area contributed by atoms with Crippen molar-refractivity contribution in [2.45, 2.75) is 33.1 Å². The molecule has 0 aliphatic carbocycles. The predicted octanol–water partition coefficient (Wildman–Crippen LogP) is 4.73. The average Bonchev–Trinajstić information content (AvgIpc) is 2.28. The Morgan fingerprint density at radius 3 is 2.61 bits per heavy atom. The lowest BCUT2D eigenvalue weighted by atomic mass is 9.86. The van der Waals surface area contributed by atoms with Gasteiger partial charge in [-0.3, -0.25) is 0 Å². The van der Waals surface area contributed by atoms with E-state index >= 15 is 0 Å². The standard InChI is InChI=1S/C15H19BrN2/c1-5-17-14-11(15(2,3)4)9-10-7-6-8-12(16)13(10)18-14/h6-9H,5H2,1-4H3,(H,17,18). The van der Waals surface area contributed by atoms with Gasteiger partial charge in [-0.05, 0) is 40.4 Å². The molecule has 18 heavy (non-hydrogen) atoms. The molecule has 1 aromatic heterocycles. The van der Waals surface area contributed by atoms with Crippen molar-refractivity contribution in [3.63, 3.8) is 0 Å². The topological polar surface area (TPSA) is 24.9 Å². The molecule has 0 atom stereocenters. The molecular weight excluding hydrogens is 288 g/mol. The summed E-state index contributed by atoms with van der Waals surface area (Å²) in [5.74, 6) is 0.990. The highest BCUT2D eigenvalue weighted by Crippen LogP contribution is 2.33. The number of fused-ring (bicyclic) bond motifs is 1. The number of aromatic nitrogens is 1. The first-order chi connectivity index (χ1) is 8.43. The molecule has 0 spiro atoms. The van der Waals surface area contributed by atoms with Crippen molar-refractivity contribution in [3.8, 4) is 0 Å². The molecule has 0 aliphatic rings. The van der Waals surface area contributed by atoms with Gasteiger partial charge in [0.1, 0.15) is 5.82 Å². The third-order valence-electron chi connectivity index (χ3n) is 2.95. The molecule has 1 N–H and O–H groups in total. The summed E-state index contributed by atoms with van der Waals surface area (Å²) in [5, 5.41) is 4.55. The molecular formula is C15H19BrN2. The average molecular weight is 307 g/mol. The van der Waals surface area contributed by atoms with Gasteiger partial charge in [0.15, 0.2) is 0 Å². The maximum atomic E-state index is 4.77. The van der Waals surface area contributed by atoms with Crippen LogP contribution in [0, 0.1) is 0 Å². The minimum atomic E-state index is 0.0843. The molecule has 0 aliphatic heterocycles. The molecule has 2 rings (SSSR count). The lowest BCUT2D eigenvalue weighted by molar-refractivity contribution is 0.590. The van der Waals surface area contributed by atoms with Gasteiger partial charge in [-0.1, -0.05) is 32.9 Å². The molecule has 0 radical (unpaired) electrons. The number of hydrogen-bond donors (Lipinski definition) is 1. The number of nitrogens with zero attached hydrogens (tertiary/aromatic N) is 1. The molecule has 2 nitrogen and oxygen atoms in total. The van der Waals surface area contributed by atoms with Crippen molar-refractivity contribution in [3.05, 3.63) is 34.3 Å². The summed E-state index contributed by atoms with van der Waals surface area (Å²) in [6.45, 7) is 9.63. The number of benzene rings is 1. The Bertz CT molecular complexity index is 570. The largest absolute Gasteiger partial charge is 0.370 e. The van der Waals surface area contributed by atoms with Crippen LogP contribution in [-0.4, -0.2) is 11.5 Å². The normalized spacial score (nSPS) is 11.8. The zero-order chi connectivity index (χ0) is 13.3. The van der Waals surface area contributed by atoms with E-state index in [-0.39, 0.29) is 5.41 Å². The van der Waals surface area contributed by atoms with Gasteiger partial charge < -0.3 is 5.32 Å². The molecule has 0 saturated heterocycles. The van der Waals surface area contributed by atoms with Gasteiger partial charge in [0.25, 0.3) is 0 Å². The Balaban J connectivity index is 2.73. The third kappa shape index (κ3) is 2.51. The first-order valence-corrected chi connectivity index (χ1v) is 7.06. The summed E-state index contributed by atoms with van der Waals surface area (Å²) >= 11 is 3.57. The fourth-order valence-corrected chi connectivity index (χ4v) is 2.51. The Morgan fingerprint density at radius 2 is 2.00 bits per heavy atom. The minimum absolute atomic E-state index is 0.0843. The third-order valence-corrected chi connectivity index (χ3v) is 3.59. The highest BCUT2D eigenvalue weighted by Gasteiger charge is 2.20. The Labute approximate surface area is 117 Å². The van der Waals surface area contributed by atoms with E-state index < -0.39 is 0 Å². The van der Waals surface area contributed by atoms with Crippen molar-refractivity contribution in [2.75, 3.05) is 11.9 Å². The molecule has 2 aromatic rings. The Morgan fingerprint density at radius 1 is 1.28 bits per heavy atom. The second-order valence-corrected chi connectivity index (χ2v) is 6.33. The van der Waals surface area contributed by atoms with Crippen LogP contribution >= 0.6 is 15.9 Å². The monoisotopic (exact) mass is 306 g/mol. The predicted molar refractivity (Wildman–Crippen MR) is 82.3 cm³/mol. The van der Waals surface area contributed by atoms with Crippen LogP contribution in [-0.2, 0) is 5.41 Å². The van der Waals surface area contributed by atoms with Crippen LogP contribution in [0.4, 0.5) is 5.82 Å². The fourth-order valence-electron chi connectivity index (χ4n) is 2.04. The van der Waals surface area contributed by atoms with Crippen LogP contribution in [0.5, 0.6) is 0 Å². The van der Waals surface area contributed by atoms with Crippen molar-refractivity contribution in [1.29, 1.82) is 0 Å². The van der Waals surface area contributed by atoms with Gasteiger partial charge in [0.05, 0.1) is 5.52 Å². The number of para-hydroxylation sites is 1. The summed E-state index contributed by atoms with van der Waals surface area (Å²) < 4.78 is 1.04. The highest BCUT2D eigenvalue weighted by molar-refractivity contribution is 9.10. The summed E-state index contributed by atoms with van der Waals surface area (Å²) in [6, 6.07) is 8.43. The minimum Gasteiger partial charge on any atom is -0.370 e. The first kappa shape index (κ1) is 13.3. The summed E-state index contributed by atoms with van der Waals surface area (Å²) in [7, 11) is 0. The van der Waals surface area contributed by atoms with E-state index in [1.165, 1.54) is 10.9 Å². The molecule has 1 aromatic carbocycles. The smallest absolute Gasteiger partial charge is 0.130 e. The van der Waals surface area contributed by atoms with Crippen LogP contribution in [0.2, 0.25) is 0 Å². The van der Waals surface area contributed by atoms with Gasteiger partial charge in [-0.25, -0.2) is 4.98 Å². The molecule has 0 fully saturated rings. The summed E-state index contributed by atoms with van der Waals surface area (Å²) in [5.41, 5.74) is 2.36. The zero-order valence-corrected chi connectivity index (χ0v) is 12.9. The quantitative estimate of drug-likeness (QED) is 0.868. The molecule has 0 amide bonds. The van der Waals surface area contributed by atoms with Crippen LogP contribution in [0.1, 0.15) is 33.3 Å². The molecule has 0 saturated carbocycles. The maximum Gasteiger partial charge on any atom is 0.130 e. The Hall–Kier alpha value is -1.09. The van der Waals surface area contributed by atoms with E-state index in [4.69, 9.17) is 4.98 Å². The van der Waals surface area contributed by atoms with Crippen molar-refractivity contribution < 1.29 is 0 Å². The molecule has 96 valence electrons. The second kappa shape index (κ2) is 4.88. The highest BCUT2D eigenvalue weighted by atomic mass is 79.9.